The summed E-state index contributed by atoms with van der Waals surface area (Å²) in [7, 11) is -3.51. The van der Waals surface area contributed by atoms with Crippen LogP contribution in [0.4, 0.5) is 0 Å². The largest absolute Gasteiger partial charge is 0.349 e. The Kier molecular flexibility index (Phi) is 4.68. The molecule has 0 radical (unpaired) electrons. The van der Waals surface area contributed by atoms with Crippen LogP contribution in [0.25, 0.3) is 0 Å². The summed E-state index contributed by atoms with van der Waals surface area (Å²) in [4.78, 5) is 12.2. The van der Waals surface area contributed by atoms with E-state index in [9.17, 15) is 13.2 Å². The van der Waals surface area contributed by atoms with E-state index in [4.69, 9.17) is 0 Å². The smallest absolute Gasteiger partial charge is 0.251 e. The van der Waals surface area contributed by atoms with Gasteiger partial charge in [-0.05, 0) is 63.8 Å². The molecule has 0 aromatic heterocycles. The van der Waals surface area contributed by atoms with E-state index in [0.717, 1.165) is 0 Å². The molecule has 21 heavy (non-hydrogen) atoms. The van der Waals surface area contributed by atoms with Crippen LogP contribution in [0, 0.1) is 5.92 Å². The summed E-state index contributed by atoms with van der Waals surface area (Å²) >= 11 is 0. The number of sulfonamides is 1. The molecule has 2 N–H and O–H groups in total. The molecule has 0 aliphatic heterocycles. The predicted octanol–water partition coefficient (Wildman–Crippen LogP) is 1.90. The summed E-state index contributed by atoms with van der Waals surface area (Å²) in [6.45, 7) is 5.53. The highest BCUT2D eigenvalue weighted by Gasteiger charge is 2.29. The Hall–Kier alpha value is -1.40. The van der Waals surface area contributed by atoms with E-state index in [1.54, 1.807) is 26.0 Å². The normalized spacial score (nSPS) is 16.8. The molecule has 1 atom stereocenters. The number of benzene rings is 1. The SMILES string of the molecule is CC(C)NS(=O)(=O)c1ccc(C(=O)NC(C)C2CC2)cc1. The molecule has 0 heterocycles. The Morgan fingerprint density at radius 3 is 2.19 bits per heavy atom. The maximum Gasteiger partial charge on any atom is 0.251 e. The van der Waals surface area contributed by atoms with Gasteiger partial charge in [-0.15, -0.1) is 0 Å². The fourth-order valence-electron chi connectivity index (χ4n) is 2.17. The standard InChI is InChI=1S/C15H22N2O3S/c1-10(2)17-21(19,20)14-8-6-13(7-9-14)15(18)16-11(3)12-4-5-12/h6-12,17H,4-5H2,1-3H3,(H,16,18). The van der Waals surface area contributed by atoms with Gasteiger partial charge in [0.05, 0.1) is 4.90 Å². The highest BCUT2D eigenvalue weighted by molar-refractivity contribution is 7.89. The molecule has 1 aliphatic carbocycles. The lowest BCUT2D eigenvalue weighted by Crippen LogP contribution is -2.34. The maximum absolute atomic E-state index is 12.0. The first-order valence-electron chi connectivity index (χ1n) is 7.23. The van der Waals surface area contributed by atoms with Crippen LogP contribution < -0.4 is 10.0 Å². The molecule has 0 saturated heterocycles. The third-order valence-corrected chi connectivity index (χ3v) is 5.18. The molecule has 6 heteroatoms. The summed E-state index contributed by atoms with van der Waals surface area (Å²) in [5, 5.41) is 2.94. The minimum Gasteiger partial charge on any atom is -0.349 e. The Balaban J connectivity index is 2.06. The van der Waals surface area contributed by atoms with Crippen LogP contribution >= 0.6 is 0 Å². The van der Waals surface area contributed by atoms with Crippen molar-refractivity contribution in [3.8, 4) is 0 Å². The zero-order chi connectivity index (χ0) is 15.6. The summed E-state index contributed by atoms with van der Waals surface area (Å²) in [5.41, 5.74) is 0.478. The summed E-state index contributed by atoms with van der Waals surface area (Å²) in [5.74, 6) is 0.430. The van der Waals surface area contributed by atoms with Crippen LogP contribution in [-0.2, 0) is 10.0 Å². The first-order valence-corrected chi connectivity index (χ1v) is 8.71. The zero-order valence-electron chi connectivity index (χ0n) is 12.6. The fourth-order valence-corrected chi connectivity index (χ4v) is 3.42. The lowest BCUT2D eigenvalue weighted by molar-refractivity contribution is 0.0935. The van der Waals surface area contributed by atoms with Crippen molar-refractivity contribution in [1.82, 2.24) is 10.0 Å². The van der Waals surface area contributed by atoms with E-state index in [2.05, 4.69) is 10.0 Å². The molecule has 1 unspecified atom stereocenters. The molecular formula is C15H22N2O3S. The fraction of sp³-hybridized carbons (Fsp3) is 0.533. The maximum atomic E-state index is 12.0. The molecule has 1 saturated carbocycles. The van der Waals surface area contributed by atoms with Crippen LogP contribution in [0.15, 0.2) is 29.2 Å². The first kappa shape index (κ1) is 16.0. The van der Waals surface area contributed by atoms with Crippen LogP contribution in [0.3, 0.4) is 0 Å². The van der Waals surface area contributed by atoms with Gasteiger partial charge in [0.2, 0.25) is 10.0 Å². The lowest BCUT2D eigenvalue weighted by Gasteiger charge is -2.13. The van der Waals surface area contributed by atoms with Crippen molar-refractivity contribution < 1.29 is 13.2 Å². The third kappa shape index (κ3) is 4.28. The van der Waals surface area contributed by atoms with Gasteiger partial charge in [-0.2, -0.15) is 0 Å². The van der Waals surface area contributed by atoms with E-state index < -0.39 is 10.0 Å². The topological polar surface area (TPSA) is 75.3 Å². The molecule has 1 amide bonds. The number of hydrogen-bond acceptors (Lipinski definition) is 3. The Morgan fingerprint density at radius 1 is 1.14 bits per heavy atom. The van der Waals surface area contributed by atoms with Gasteiger partial charge < -0.3 is 5.32 Å². The van der Waals surface area contributed by atoms with E-state index in [-0.39, 0.29) is 22.9 Å². The summed E-state index contributed by atoms with van der Waals surface area (Å²) in [6, 6.07) is 6.01. The molecular weight excluding hydrogens is 288 g/mol. The van der Waals surface area contributed by atoms with Gasteiger partial charge >= 0.3 is 0 Å². The van der Waals surface area contributed by atoms with Gasteiger partial charge in [-0.3, -0.25) is 4.79 Å². The molecule has 0 bridgehead atoms. The number of nitrogens with one attached hydrogen (secondary N) is 2. The first-order chi connectivity index (χ1) is 9.79. The Morgan fingerprint density at radius 2 is 1.71 bits per heavy atom. The summed E-state index contributed by atoms with van der Waals surface area (Å²) < 4.78 is 26.5. The van der Waals surface area contributed by atoms with Crippen molar-refractivity contribution >= 4 is 15.9 Å². The highest BCUT2D eigenvalue weighted by Crippen LogP contribution is 2.32. The Labute approximate surface area is 126 Å². The molecule has 1 aliphatic rings. The van der Waals surface area contributed by atoms with Gasteiger partial charge in [-0.25, -0.2) is 13.1 Å². The van der Waals surface area contributed by atoms with E-state index >= 15 is 0 Å². The number of carbonyl (C=O) groups is 1. The van der Waals surface area contributed by atoms with Gasteiger partial charge in [0.1, 0.15) is 0 Å². The molecule has 5 nitrogen and oxygen atoms in total. The van der Waals surface area contributed by atoms with Crippen molar-refractivity contribution in [2.75, 3.05) is 0 Å². The van der Waals surface area contributed by atoms with Gasteiger partial charge in [0.15, 0.2) is 0 Å². The number of rotatable bonds is 6. The third-order valence-electron chi connectivity index (χ3n) is 3.51. The number of hydrogen-bond donors (Lipinski definition) is 2. The van der Waals surface area contributed by atoms with Gasteiger partial charge in [-0.1, -0.05) is 0 Å². The minimum atomic E-state index is -3.51. The highest BCUT2D eigenvalue weighted by atomic mass is 32.2. The molecule has 1 fully saturated rings. The van der Waals surface area contributed by atoms with Crippen LogP contribution in [0.2, 0.25) is 0 Å². The average Bonchev–Trinajstić information content (AvgIpc) is 3.21. The van der Waals surface area contributed by atoms with Gasteiger partial charge in [0.25, 0.3) is 5.91 Å². The van der Waals surface area contributed by atoms with Crippen LogP contribution in [0.1, 0.15) is 44.0 Å². The monoisotopic (exact) mass is 310 g/mol. The predicted molar refractivity (Wildman–Crippen MR) is 81.6 cm³/mol. The molecule has 1 aromatic carbocycles. The van der Waals surface area contributed by atoms with Crippen molar-refractivity contribution in [2.45, 2.75) is 50.6 Å². The molecule has 2 rings (SSSR count). The second-order valence-corrected chi connectivity index (χ2v) is 7.61. The zero-order valence-corrected chi connectivity index (χ0v) is 13.4. The van der Waals surface area contributed by atoms with E-state index in [0.29, 0.717) is 11.5 Å². The van der Waals surface area contributed by atoms with Crippen LogP contribution in [0.5, 0.6) is 0 Å². The minimum absolute atomic E-state index is 0.157. The summed E-state index contributed by atoms with van der Waals surface area (Å²) in [6.07, 6.45) is 2.33. The van der Waals surface area contributed by atoms with E-state index in [1.165, 1.54) is 25.0 Å². The second kappa shape index (κ2) is 6.15. The van der Waals surface area contributed by atoms with Crippen molar-refractivity contribution in [2.24, 2.45) is 5.92 Å². The van der Waals surface area contributed by atoms with E-state index in [1.807, 2.05) is 6.92 Å². The van der Waals surface area contributed by atoms with Crippen molar-refractivity contribution in [3.63, 3.8) is 0 Å². The second-order valence-electron chi connectivity index (χ2n) is 5.90. The molecule has 116 valence electrons. The Bertz CT molecular complexity index is 604. The quantitative estimate of drug-likeness (QED) is 0.842. The van der Waals surface area contributed by atoms with Crippen LogP contribution in [-0.4, -0.2) is 26.4 Å². The molecule has 0 spiro atoms. The number of amides is 1. The van der Waals surface area contributed by atoms with Crippen molar-refractivity contribution in [1.29, 1.82) is 0 Å². The molecule has 1 aromatic rings. The number of carbonyl (C=O) groups excluding carboxylic acids is 1. The van der Waals surface area contributed by atoms with Gasteiger partial charge in [0, 0.05) is 17.6 Å². The van der Waals surface area contributed by atoms with Crippen molar-refractivity contribution in [3.05, 3.63) is 29.8 Å². The average molecular weight is 310 g/mol. The lowest BCUT2D eigenvalue weighted by atomic mass is 10.1.